The summed E-state index contributed by atoms with van der Waals surface area (Å²) in [5.74, 6) is 1.75. The highest BCUT2D eigenvalue weighted by Gasteiger charge is 2.42. The number of hydrogen-bond acceptors (Lipinski definition) is 3. The molecule has 2 atom stereocenters. The van der Waals surface area contributed by atoms with Crippen molar-refractivity contribution in [2.75, 3.05) is 38.2 Å². The van der Waals surface area contributed by atoms with Crippen molar-refractivity contribution in [3.05, 3.63) is 60.2 Å². The lowest BCUT2D eigenvalue weighted by Crippen LogP contribution is -2.57. The first kappa shape index (κ1) is 18.4. The van der Waals surface area contributed by atoms with Gasteiger partial charge in [0.15, 0.2) is 0 Å². The molecular formula is C24H32N2O. The largest absolute Gasteiger partial charge is 0.497 e. The number of ether oxygens (including phenoxy) is 1. The molecular weight excluding hydrogens is 332 g/mol. The number of anilines is 1. The predicted molar refractivity (Wildman–Crippen MR) is 113 cm³/mol. The summed E-state index contributed by atoms with van der Waals surface area (Å²) < 4.78 is 5.55. The van der Waals surface area contributed by atoms with Crippen LogP contribution in [-0.4, -0.2) is 38.2 Å². The van der Waals surface area contributed by atoms with Crippen LogP contribution in [0, 0.1) is 5.92 Å². The van der Waals surface area contributed by atoms with E-state index in [0.717, 1.165) is 37.8 Å². The second kappa shape index (κ2) is 7.93. The number of benzene rings is 2. The Morgan fingerprint density at radius 3 is 2.44 bits per heavy atom. The fourth-order valence-electron chi connectivity index (χ4n) is 5.20. The summed E-state index contributed by atoms with van der Waals surface area (Å²) in [5, 5.41) is 0. The molecule has 4 rings (SSSR count). The minimum Gasteiger partial charge on any atom is -0.497 e. The van der Waals surface area contributed by atoms with E-state index in [1.54, 1.807) is 7.11 Å². The summed E-state index contributed by atoms with van der Waals surface area (Å²) in [7, 11) is 1.77. The van der Waals surface area contributed by atoms with Gasteiger partial charge in [0.2, 0.25) is 0 Å². The van der Waals surface area contributed by atoms with Crippen LogP contribution in [-0.2, 0) is 5.54 Å². The van der Waals surface area contributed by atoms with E-state index in [1.807, 2.05) is 0 Å². The average molecular weight is 365 g/mol. The number of rotatable bonds is 4. The van der Waals surface area contributed by atoms with Crippen molar-refractivity contribution in [2.45, 2.75) is 38.1 Å². The molecule has 2 fully saturated rings. The van der Waals surface area contributed by atoms with E-state index in [2.05, 4.69) is 71.3 Å². The van der Waals surface area contributed by atoms with Crippen LogP contribution in [0.15, 0.2) is 54.6 Å². The number of para-hydroxylation sites is 1. The van der Waals surface area contributed by atoms with E-state index in [9.17, 15) is 0 Å². The fraction of sp³-hybridized carbons (Fsp3) is 0.500. The van der Waals surface area contributed by atoms with Gasteiger partial charge in [-0.1, -0.05) is 50.1 Å². The summed E-state index contributed by atoms with van der Waals surface area (Å²) in [6.45, 7) is 6.88. The minimum absolute atomic E-state index is 0.162. The van der Waals surface area contributed by atoms with Crippen LogP contribution in [0.1, 0.15) is 38.2 Å². The van der Waals surface area contributed by atoms with Crippen molar-refractivity contribution in [3.8, 4) is 5.75 Å². The average Bonchev–Trinajstić information content (AvgIpc) is 2.74. The smallest absolute Gasteiger partial charge is 0.119 e. The van der Waals surface area contributed by atoms with Crippen molar-refractivity contribution < 1.29 is 4.74 Å². The summed E-state index contributed by atoms with van der Waals surface area (Å²) in [5.41, 5.74) is 2.96. The second-order valence-electron chi connectivity index (χ2n) is 8.27. The van der Waals surface area contributed by atoms with E-state index in [1.165, 1.54) is 36.9 Å². The lowest BCUT2D eigenvalue weighted by atomic mass is 9.71. The molecule has 2 unspecified atom stereocenters. The molecule has 1 aliphatic heterocycles. The lowest BCUT2D eigenvalue weighted by molar-refractivity contribution is 0.0241. The molecule has 0 spiro atoms. The summed E-state index contributed by atoms with van der Waals surface area (Å²) >= 11 is 0. The van der Waals surface area contributed by atoms with Gasteiger partial charge in [0, 0.05) is 37.4 Å². The van der Waals surface area contributed by atoms with E-state index in [4.69, 9.17) is 4.74 Å². The van der Waals surface area contributed by atoms with Gasteiger partial charge in [-0.3, -0.25) is 4.90 Å². The van der Waals surface area contributed by atoms with Crippen LogP contribution in [0.2, 0.25) is 0 Å². The molecule has 1 saturated carbocycles. The Hall–Kier alpha value is -2.00. The van der Waals surface area contributed by atoms with Crippen molar-refractivity contribution >= 4 is 5.69 Å². The van der Waals surface area contributed by atoms with Gasteiger partial charge in [-0.05, 0) is 48.6 Å². The van der Waals surface area contributed by atoms with Crippen LogP contribution in [0.25, 0.3) is 0 Å². The highest BCUT2D eigenvalue weighted by molar-refractivity contribution is 5.46. The zero-order valence-corrected chi connectivity index (χ0v) is 16.7. The predicted octanol–water partition coefficient (Wildman–Crippen LogP) is 4.92. The number of methoxy groups -OCH3 is 1. The van der Waals surface area contributed by atoms with Crippen molar-refractivity contribution in [2.24, 2.45) is 5.92 Å². The third-order valence-electron chi connectivity index (χ3n) is 6.59. The first-order chi connectivity index (χ1) is 13.2. The SMILES string of the molecule is COc1cccc(C2(N3CCN(c4ccccc4)CC3)CCCC(C)C2)c1. The zero-order chi connectivity index (χ0) is 18.7. The van der Waals surface area contributed by atoms with E-state index in [-0.39, 0.29) is 5.54 Å². The second-order valence-corrected chi connectivity index (χ2v) is 8.27. The van der Waals surface area contributed by atoms with Crippen molar-refractivity contribution in [1.82, 2.24) is 4.90 Å². The third kappa shape index (κ3) is 3.70. The van der Waals surface area contributed by atoms with Crippen LogP contribution in [0.4, 0.5) is 5.69 Å². The summed E-state index contributed by atoms with van der Waals surface area (Å²) in [6.07, 6.45) is 5.19. The van der Waals surface area contributed by atoms with E-state index < -0.39 is 0 Å². The van der Waals surface area contributed by atoms with Gasteiger partial charge in [0.05, 0.1) is 7.11 Å². The molecule has 2 aromatic rings. The maximum absolute atomic E-state index is 5.55. The van der Waals surface area contributed by atoms with Gasteiger partial charge >= 0.3 is 0 Å². The Balaban J connectivity index is 1.58. The van der Waals surface area contributed by atoms with Crippen LogP contribution >= 0.6 is 0 Å². The molecule has 0 bridgehead atoms. The fourth-order valence-corrected chi connectivity index (χ4v) is 5.20. The number of piperazine rings is 1. The van der Waals surface area contributed by atoms with E-state index in [0.29, 0.717) is 0 Å². The molecule has 1 saturated heterocycles. The standard InChI is InChI=1S/C24H32N2O/c1-20-8-7-13-24(19-20,21-9-6-12-23(18-21)27-2)26-16-14-25(15-17-26)22-10-4-3-5-11-22/h3-6,9-12,18,20H,7-8,13-17,19H2,1-2H3. The normalized spacial score (nSPS) is 26.7. The van der Waals surface area contributed by atoms with Gasteiger partial charge in [-0.25, -0.2) is 0 Å². The topological polar surface area (TPSA) is 15.7 Å². The summed E-state index contributed by atoms with van der Waals surface area (Å²) in [6, 6.07) is 19.7. The van der Waals surface area contributed by atoms with Crippen molar-refractivity contribution in [3.63, 3.8) is 0 Å². The lowest BCUT2D eigenvalue weighted by Gasteiger charge is -2.52. The number of nitrogens with zero attached hydrogens (tertiary/aromatic N) is 2. The molecule has 3 heteroatoms. The Labute approximate surface area is 163 Å². The van der Waals surface area contributed by atoms with Gasteiger partial charge in [-0.2, -0.15) is 0 Å². The monoisotopic (exact) mass is 364 g/mol. The maximum Gasteiger partial charge on any atom is 0.119 e. The quantitative estimate of drug-likeness (QED) is 0.766. The van der Waals surface area contributed by atoms with Gasteiger partial charge in [0.25, 0.3) is 0 Å². The Bertz CT molecular complexity index is 739. The minimum atomic E-state index is 0.162. The van der Waals surface area contributed by atoms with Crippen LogP contribution < -0.4 is 9.64 Å². The van der Waals surface area contributed by atoms with Gasteiger partial charge in [0.1, 0.15) is 5.75 Å². The van der Waals surface area contributed by atoms with Gasteiger partial charge in [-0.15, -0.1) is 0 Å². The molecule has 144 valence electrons. The Morgan fingerprint density at radius 1 is 0.963 bits per heavy atom. The Morgan fingerprint density at radius 2 is 1.74 bits per heavy atom. The molecule has 27 heavy (non-hydrogen) atoms. The van der Waals surface area contributed by atoms with Gasteiger partial charge < -0.3 is 9.64 Å². The Kier molecular flexibility index (Phi) is 5.40. The maximum atomic E-state index is 5.55. The third-order valence-corrected chi connectivity index (χ3v) is 6.59. The molecule has 0 aromatic heterocycles. The first-order valence-electron chi connectivity index (χ1n) is 10.4. The molecule has 2 aromatic carbocycles. The first-order valence-corrected chi connectivity index (χ1v) is 10.4. The summed E-state index contributed by atoms with van der Waals surface area (Å²) in [4.78, 5) is 5.30. The van der Waals surface area contributed by atoms with E-state index >= 15 is 0 Å². The molecule has 1 heterocycles. The molecule has 3 nitrogen and oxygen atoms in total. The molecule has 0 radical (unpaired) electrons. The highest BCUT2D eigenvalue weighted by Crippen LogP contribution is 2.45. The zero-order valence-electron chi connectivity index (χ0n) is 16.7. The molecule has 0 N–H and O–H groups in total. The molecule has 1 aliphatic carbocycles. The highest BCUT2D eigenvalue weighted by atomic mass is 16.5. The van der Waals surface area contributed by atoms with Crippen molar-refractivity contribution in [1.29, 1.82) is 0 Å². The van der Waals surface area contributed by atoms with Crippen LogP contribution in [0.3, 0.4) is 0 Å². The molecule has 2 aliphatic rings. The van der Waals surface area contributed by atoms with Crippen LogP contribution in [0.5, 0.6) is 5.75 Å². The number of hydrogen-bond donors (Lipinski definition) is 0. The molecule has 0 amide bonds.